The molecule has 0 aromatic carbocycles. The van der Waals surface area contributed by atoms with Crippen molar-refractivity contribution in [1.29, 1.82) is 0 Å². The Hall–Kier alpha value is -0.910. The molecule has 0 aliphatic heterocycles. The zero-order valence-electron chi connectivity index (χ0n) is 9.66. The molecule has 0 saturated carbocycles. The van der Waals surface area contributed by atoms with Crippen LogP contribution in [0.1, 0.15) is 18.2 Å². The maximum Gasteiger partial charge on any atom is 0.240 e. The Morgan fingerprint density at radius 1 is 1.69 bits per heavy atom. The van der Waals surface area contributed by atoms with E-state index in [0.29, 0.717) is 19.6 Å². The van der Waals surface area contributed by atoms with E-state index in [1.54, 1.807) is 18.4 Å². The van der Waals surface area contributed by atoms with Gasteiger partial charge in [0.2, 0.25) is 5.91 Å². The van der Waals surface area contributed by atoms with Crippen molar-refractivity contribution in [1.82, 2.24) is 5.32 Å². The smallest absolute Gasteiger partial charge is 0.240 e. The minimum absolute atomic E-state index is 0.296. The molecule has 0 aliphatic carbocycles. The van der Waals surface area contributed by atoms with E-state index in [4.69, 9.17) is 10.5 Å². The van der Waals surface area contributed by atoms with Crippen molar-refractivity contribution in [2.75, 3.05) is 13.7 Å². The van der Waals surface area contributed by atoms with Gasteiger partial charge in [-0.1, -0.05) is 13.0 Å². The monoisotopic (exact) mass is 242 g/mol. The van der Waals surface area contributed by atoms with Gasteiger partial charge in [0.05, 0.1) is 6.61 Å². The number of rotatable bonds is 7. The second-order valence-corrected chi connectivity index (χ2v) is 4.70. The molecule has 0 aliphatic rings. The van der Waals surface area contributed by atoms with Crippen LogP contribution in [0.15, 0.2) is 17.5 Å². The molecule has 0 saturated heterocycles. The van der Waals surface area contributed by atoms with Crippen molar-refractivity contribution in [3.05, 3.63) is 22.4 Å². The van der Waals surface area contributed by atoms with E-state index >= 15 is 0 Å². The number of amides is 1. The number of hydrogen-bond donors (Lipinski definition) is 2. The molecule has 5 heteroatoms. The van der Waals surface area contributed by atoms with Crippen LogP contribution in [0.2, 0.25) is 0 Å². The topological polar surface area (TPSA) is 64.3 Å². The van der Waals surface area contributed by atoms with Crippen LogP contribution < -0.4 is 11.1 Å². The van der Waals surface area contributed by atoms with Crippen LogP contribution in [0.4, 0.5) is 0 Å². The molecule has 1 atom stereocenters. The summed E-state index contributed by atoms with van der Waals surface area (Å²) in [5.41, 5.74) is 4.66. The Kier molecular flexibility index (Phi) is 4.92. The standard InChI is InChI=1S/C11H18N2O2S/c1-3-11(8-15-2,10(12)14)13-7-9-5-4-6-16-9/h4-6,13H,3,7-8H2,1-2H3,(H2,12,14). The highest BCUT2D eigenvalue weighted by Gasteiger charge is 2.34. The van der Waals surface area contributed by atoms with Crippen molar-refractivity contribution >= 4 is 17.2 Å². The Labute approximate surface area is 99.8 Å². The molecule has 0 radical (unpaired) electrons. The first kappa shape index (κ1) is 13.2. The average Bonchev–Trinajstić information content (AvgIpc) is 2.76. The van der Waals surface area contributed by atoms with Crippen molar-refractivity contribution in [2.24, 2.45) is 5.73 Å². The number of nitrogens with two attached hydrogens (primary N) is 1. The summed E-state index contributed by atoms with van der Waals surface area (Å²) in [6.07, 6.45) is 0.613. The van der Waals surface area contributed by atoms with E-state index < -0.39 is 5.54 Å². The lowest BCUT2D eigenvalue weighted by atomic mass is 9.96. The molecule has 1 aromatic rings. The molecular weight excluding hydrogens is 224 g/mol. The number of carbonyl (C=O) groups excluding carboxylic acids is 1. The van der Waals surface area contributed by atoms with Gasteiger partial charge in [0, 0.05) is 18.5 Å². The fourth-order valence-electron chi connectivity index (χ4n) is 1.53. The van der Waals surface area contributed by atoms with Crippen LogP contribution in [0.25, 0.3) is 0 Å². The molecule has 1 unspecified atom stereocenters. The molecule has 1 heterocycles. The molecule has 3 N–H and O–H groups in total. The quantitative estimate of drug-likeness (QED) is 0.753. The minimum Gasteiger partial charge on any atom is -0.382 e. The number of thiophene rings is 1. The predicted molar refractivity (Wildman–Crippen MR) is 65.3 cm³/mol. The van der Waals surface area contributed by atoms with E-state index in [1.165, 1.54) is 4.88 Å². The highest BCUT2D eigenvalue weighted by atomic mass is 32.1. The minimum atomic E-state index is -0.765. The van der Waals surface area contributed by atoms with Gasteiger partial charge in [0.1, 0.15) is 5.54 Å². The molecule has 1 amide bonds. The summed E-state index contributed by atoms with van der Waals surface area (Å²) in [6, 6.07) is 4.00. The number of hydrogen-bond acceptors (Lipinski definition) is 4. The molecule has 1 aromatic heterocycles. The van der Waals surface area contributed by atoms with Crippen LogP contribution in [-0.4, -0.2) is 25.2 Å². The van der Waals surface area contributed by atoms with Gasteiger partial charge in [-0.15, -0.1) is 11.3 Å². The van der Waals surface area contributed by atoms with Crippen LogP contribution in [0, 0.1) is 0 Å². The van der Waals surface area contributed by atoms with Crippen molar-refractivity contribution in [3.63, 3.8) is 0 Å². The third kappa shape index (κ3) is 3.04. The fourth-order valence-corrected chi connectivity index (χ4v) is 2.17. The lowest BCUT2D eigenvalue weighted by Gasteiger charge is -2.29. The normalized spacial score (nSPS) is 14.6. The first-order chi connectivity index (χ1) is 7.64. The summed E-state index contributed by atoms with van der Waals surface area (Å²) in [7, 11) is 1.57. The van der Waals surface area contributed by atoms with E-state index in [-0.39, 0.29) is 5.91 Å². The van der Waals surface area contributed by atoms with E-state index in [2.05, 4.69) is 5.32 Å². The SMILES string of the molecule is CCC(COC)(NCc1cccs1)C(N)=O. The predicted octanol–water partition coefficient (Wildman–Crippen LogP) is 1.12. The summed E-state index contributed by atoms with van der Waals surface area (Å²) in [5, 5.41) is 5.20. The van der Waals surface area contributed by atoms with Crippen LogP contribution in [0.3, 0.4) is 0 Å². The molecule has 16 heavy (non-hydrogen) atoms. The van der Waals surface area contributed by atoms with Crippen molar-refractivity contribution in [3.8, 4) is 0 Å². The highest BCUT2D eigenvalue weighted by molar-refractivity contribution is 7.09. The largest absolute Gasteiger partial charge is 0.382 e. The maximum atomic E-state index is 11.5. The van der Waals surface area contributed by atoms with Gasteiger partial charge in [0.15, 0.2) is 0 Å². The van der Waals surface area contributed by atoms with Gasteiger partial charge < -0.3 is 10.5 Å². The number of ether oxygens (including phenoxy) is 1. The van der Waals surface area contributed by atoms with Gasteiger partial charge >= 0.3 is 0 Å². The van der Waals surface area contributed by atoms with Crippen LogP contribution in [0.5, 0.6) is 0 Å². The Morgan fingerprint density at radius 2 is 2.44 bits per heavy atom. The lowest BCUT2D eigenvalue weighted by molar-refractivity contribution is -0.126. The summed E-state index contributed by atoms with van der Waals surface area (Å²) in [4.78, 5) is 12.7. The van der Waals surface area contributed by atoms with Gasteiger partial charge in [-0.2, -0.15) is 0 Å². The number of nitrogens with one attached hydrogen (secondary N) is 1. The van der Waals surface area contributed by atoms with E-state index in [0.717, 1.165) is 0 Å². The van der Waals surface area contributed by atoms with Gasteiger partial charge in [-0.05, 0) is 17.9 Å². The zero-order chi connectivity index (χ0) is 12.0. The fraction of sp³-hybridized carbons (Fsp3) is 0.545. The third-order valence-corrected chi connectivity index (χ3v) is 3.52. The summed E-state index contributed by atoms with van der Waals surface area (Å²) in [5.74, 6) is -0.367. The number of primary amides is 1. The summed E-state index contributed by atoms with van der Waals surface area (Å²) >= 11 is 1.65. The molecule has 4 nitrogen and oxygen atoms in total. The first-order valence-electron chi connectivity index (χ1n) is 5.21. The van der Waals surface area contributed by atoms with Crippen molar-refractivity contribution in [2.45, 2.75) is 25.4 Å². The zero-order valence-corrected chi connectivity index (χ0v) is 10.5. The van der Waals surface area contributed by atoms with Gasteiger partial charge in [-0.25, -0.2) is 0 Å². The molecule has 90 valence electrons. The lowest BCUT2D eigenvalue weighted by Crippen LogP contribution is -2.57. The van der Waals surface area contributed by atoms with Crippen LogP contribution >= 0.6 is 11.3 Å². The molecule has 0 spiro atoms. The molecule has 0 fully saturated rings. The second-order valence-electron chi connectivity index (χ2n) is 3.67. The van der Waals surface area contributed by atoms with Gasteiger partial charge in [-0.3, -0.25) is 10.1 Å². The van der Waals surface area contributed by atoms with E-state index in [1.807, 2.05) is 24.4 Å². The summed E-state index contributed by atoms with van der Waals surface area (Å²) in [6.45, 7) is 2.85. The third-order valence-electron chi connectivity index (χ3n) is 2.65. The molecule has 1 rings (SSSR count). The second kappa shape index (κ2) is 5.98. The van der Waals surface area contributed by atoms with Crippen LogP contribution in [-0.2, 0) is 16.1 Å². The summed E-state index contributed by atoms with van der Waals surface area (Å²) < 4.78 is 5.07. The van der Waals surface area contributed by atoms with Crippen molar-refractivity contribution < 1.29 is 9.53 Å². The first-order valence-corrected chi connectivity index (χ1v) is 6.09. The molecule has 0 bridgehead atoms. The maximum absolute atomic E-state index is 11.5. The molecular formula is C11H18N2O2S. The Bertz CT molecular complexity index is 327. The number of methoxy groups -OCH3 is 1. The Morgan fingerprint density at radius 3 is 2.88 bits per heavy atom. The average molecular weight is 242 g/mol. The Balaban J connectivity index is 2.66. The van der Waals surface area contributed by atoms with Gasteiger partial charge in [0.25, 0.3) is 0 Å². The highest BCUT2D eigenvalue weighted by Crippen LogP contribution is 2.14. The number of carbonyl (C=O) groups is 1. The van der Waals surface area contributed by atoms with E-state index in [9.17, 15) is 4.79 Å².